The van der Waals surface area contributed by atoms with Crippen LogP contribution in [0.5, 0.6) is 5.75 Å². The smallest absolute Gasteiger partial charge is 0.234 e. The number of amides is 1. The van der Waals surface area contributed by atoms with Crippen LogP contribution in [0.4, 0.5) is 0 Å². The summed E-state index contributed by atoms with van der Waals surface area (Å²) < 4.78 is 5.60. The van der Waals surface area contributed by atoms with Gasteiger partial charge in [0.1, 0.15) is 5.75 Å². The Labute approximate surface area is 147 Å². The minimum atomic E-state index is -0.173. The highest BCUT2D eigenvalue weighted by molar-refractivity contribution is 5.88. The average Bonchev–Trinajstić information content (AvgIpc) is 2.68. The van der Waals surface area contributed by atoms with Gasteiger partial charge in [-0.2, -0.15) is 0 Å². The zero-order valence-electron chi connectivity index (χ0n) is 14.2. The van der Waals surface area contributed by atoms with E-state index >= 15 is 0 Å². The van der Waals surface area contributed by atoms with Gasteiger partial charge in [-0.3, -0.25) is 10.2 Å². The maximum atomic E-state index is 11.9. The first-order valence-corrected chi connectivity index (χ1v) is 8.32. The highest BCUT2D eigenvalue weighted by Gasteiger charge is 2.19. The molecule has 0 saturated heterocycles. The summed E-state index contributed by atoms with van der Waals surface area (Å²) in [4.78, 5) is 11.9. The van der Waals surface area contributed by atoms with Crippen LogP contribution in [0.2, 0.25) is 0 Å². The van der Waals surface area contributed by atoms with Crippen LogP contribution in [0.25, 0.3) is 10.8 Å². The summed E-state index contributed by atoms with van der Waals surface area (Å²) in [7, 11) is 1.68. The van der Waals surface area contributed by atoms with Crippen LogP contribution in [-0.4, -0.2) is 13.0 Å². The SMILES string of the molecule is COc1ccc2ccccc2c1CC(CC(=O)NN)c1ccccc1. The Balaban J connectivity index is 2.04. The maximum absolute atomic E-state index is 11.9. The molecular weight excluding hydrogens is 312 g/mol. The molecule has 0 bridgehead atoms. The zero-order valence-corrected chi connectivity index (χ0v) is 14.2. The van der Waals surface area contributed by atoms with Gasteiger partial charge in [0, 0.05) is 12.0 Å². The van der Waals surface area contributed by atoms with Crippen molar-refractivity contribution in [3.05, 3.63) is 77.9 Å². The number of hydrazine groups is 1. The number of ether oxygens (including phenoxy) is 1. The van der Waals surface area contributed by atoms with E-state index in [1.54, 1.807) is 7.11 Å². The molecule has 0 aromatic heterocycles. The van der Waals surface area contributed by atoms with Gasteiger partial charge in [-0.15, -0.1) is 0 Å². The molecule has 4 heteroatoms. The predicted molar refractivity (Wildman–Crippen MR) is 100 cm³/mol. The lowest BCUT2D eigenvalue weighted by atomic mass is 9.87. The van der Waals surface area contributed by atoms with Gasteiger partial charge in [-0.1, -0.05) is 60.7 Å². The molecule has 0 aliphatic heterocycles. The number of benzene rings is 3. The van der Waals surface area contributed by atoms with Crippen molar-refractivity contribution in [2.24, 2.45) is 5.84 Å². The molecule has 0 saturated carbocycles. The number of methoxy groups -OCH3 is 1. The van der Waals surface area contributed by atoms with E-state index in [0.29, 0.717) is 12.8 Å². The van der Waals surface area contributed by atoms with E-state index in [4.69, 9.17) is 10.6 Å². The van der Waals surface area contributed by atoms with Gasteiger partial charge >= 0.3 is 0 Å². The van der Waals surface area contributed by atoms with Gasteiger partial charge in [-0.05, 0) is 34.7 Å². The number of rotatable bonds is 6. The van der Waals surface area contributed by atoms with E-state index in [2.05, 4.69) is 23.6 Å². The summed E-state index contributed by atoms with van der Waals surface area (Å²) in [5.74, 6) is 6.00. The molecule has 0 spiro atoms. The molecule has 1 amide bonds. The monoisotopic (exact) mass is 334 g/mol. The number of nitrogens with one attached hydrogen (secondary N) is 1. The molecule has 25 heavy (non-hydrogen) atoms. The third-order valence-corrected chi connectivity index (χ3v) is 4.53. The molecular formula is C21H22N2O2. The average molecular weight is 334 g/mol. The first kappa shape index (κ1) is 17.0. The summed E-state index contributed by atoms with van der Waals surface area (Å²) >= 11 is 0. The van der Waals surface area contributed by atoms with Crippen LogP contribution in [0.1, 0.15) is 23.5 Å². The van der Waals surface area contributed by atoms with E-state index in [0.717, 1.165) is 27.6 Å². The summed E-state index contributed by atoms with van der Waals surface area (Å²) in [6.07, 6.45) is 1.02. The van der Waals surface area contributed by atoms with Gasteiger partial charge in [0.2, 0.25) is 5.91 Å². The Morgan fingerprint density at radius 1 is 1.04 bits per heavy atom. The van der Waals surface area contributed by atoms with Crippen molar-refractivity contribution < 1.29 is 9.53 Å². The fraction of sp³-hybridized carbons (Fsp3) is 0.190. The van der Waals surface area contributed by atoms with Crippen LogP contribution in [0.15, 0.2) is 66.7 Å². The number of fused-ring (bicyclic) bond motifs is 1. The fourth-order valence-electron chi connectivity index (χ4n) is 3.28. The van der Waals surface area contributed by atoms with Gasteiger partial charge in [0.05, 0.1) is 7.11 Å². The first-order valence-electron chi connectivity index (χ1n) is 8.32. The second-order valence-corrected chi connectivity index (χ2v) is 6.05. The van der Waals surface area contributed by atoms with E-state index in [-0.39, 0.29) is 11.8 Å². The molecule has 1 unspecified atom stereocenters. The van der Waals surface area contributed by atoms with Gasteiger partial charge in [0.15, 0.2) is 0 Å². The van der Waals surface area contributed by atoms with Crippen LogP contribution >= 0.6 is 0 Å². The molecule has 128 valence electrons. The minimum absolute atomic E-state index is 0.0180. The number of carbonyl (C=O) groups is 1. The summed E-state index contributed by atoms with van der Waals surface area (Å²) in [5, 5.41) is 2.31. The quantitative estimate of drug-likeness (QED) is 0.412. The molecule has 3 N–H and O–H groups in total. The topological polar surface area (TPSA) is 64.3 Å². The lowest BCUT2D eigenvalue weighted by Crippen LogP contribution is -2.31. The van der Waals surface area contributed by atoms with Crippen molar-refractivity contribution in [2.75, 3.05) is 7.11 Å². The van der Waals surface area contributed by atoms with Crippen molar-refractivity contribution in [3.63, 3.8) is 0 Å². The third kappa shape index (κ3) is 3.80. The highest BCUT2D eigenvalue weighted by Crippen LogP contribution is 2.34. The Bertz CT molecular complexity index is 862. The molecule has 3 rings (SSSR count). The van der Waals surface area contributed by atoms with Crippen molar-refractivity contribution >= 4 is 16.7 Å². The van der Waals surface area contributed by atoms with E-state index in [9.17, 15) is 4.79 Å². The zero-order chi connectivity index (χ0) is 17.6. The van der Waals surface area contributed by atoms with Crippen LogP contribution in [-0.2, 0) is 11.2 Å². The summed E-state index contributed by atoms with van der Waals surface area (Å²) in [6, 6.07) is 22.3. The molecule has 3 aromatic carbocycles. The number of hydrogen-bond donors (Lipinski definition) is 2. The predicted octanol–water partition coefficient (Wildman–Crippen LogP) is 3.55. The minimum Gasteiger partial charge on any atom is -0.496 e. The Kier molecular flexibility index (Phi) is 5.31. The Hall–Kier alpha value is -2.85. The second kappa shape index (κ2) is 7.81. The summed E-state index contributed by atoms with van der Waals surface area (Å²) in [5.41, 5.74) is 4.47. The van der Waals surface area contributed by atoms with Crippen LogP contribution in [0.3, 0.4) is 0 Å². The first-order chi connectivity index (χ1) is 12.2. The number of nitrogens with two attached hydrogens (primary N) is 1. The molecule has 0 aliphatic carbocycles. The van der Waals surface area contributed by atoms with E-state index in [1.807, 2.05) is 48.5 Å². The number of carbonyl (C=O) groups excluding carboxylic acids is 1. The Morgan fingerprint density at radius 3 is 2.48 bits per heavy atom. The molecule has 0 aliphatic rings. The highest BCUT2D eigenvalue weighted by atomic mass is 16.5. The normalized spacial score (nSPS) is 11.9. The largest absolute Gasteiger partial charge is 0.496 e. The van der Waals surface area contributed by atoms with Crippen molar-refractivity contribution in [3.8, 4) is 5.75 Å². The Morgan fingerprint density at radius 2 is 1.76 bits per heavy atom. The van der Waals surface area contributed by atoms with Gasteiger partial charge in [0.25, 0.3) is 0 Å². The second-order valence-electron chi connectivity index (χ2n) is 6.05. The number of hydrogen-bond acceptors (Lipinski definition) is 3. The molecule has 3 aromatic rings. The van der Waals surface area contributed by atoms with Crippen molar-refractivity contribution in [1.29, 1.82) is 0 Å². The standard InChI is InChI=1S/C21H22N2O2/c1-25-20-12-11-16-9-5-6-10-18(16)19(20)13-17(14-21(24)23-22)15-7-3-2-4-8-15/h2-12,17H,13-14,22H2,1H3,(H,23,24). The summed E-state index contributed by atoms with van der Waals surface area (Å²) in [6.45, 7) is 0. The lowest BCUT2D eigenvalue weighted by Gasteiger charge is -2.20. The molecule has 0 heterocycles. The van der Waals surface area contributed by atoms with Crippen molar-refractivity contribution in [1.82, 2.24) is 5.43 Å². The van der Waals surface area contributed by atoms with Gasteiger partial charge < -0.3 is 4.74 Å². The third-order valence-electron chi connectivity index (χ3n) is 4.53. The molecule has 0 radical (unpaired) electrons. The van der Waals surface area contributed by atoms with E-state index < -0.39 is 0 Å². The molecule has 1 atom stereocenters. The maximum Gasteiger partial charge on any atom is 0.234 e. The van der Waals surface area contributed by atoms with E-state index in [1.165, 1.54) is 0 Å². The molecule has 0 fully saturated rings. The molecule has 4 nitrogen and oxygen atoms in total. The fourth-order valence-corrected chi connectivity index (χ4v) is 3.28. The van der Waals surface area contributed by atoms with Crippen LogP contribution in [0, 0.1) is 0 Å². The van der Waals surface area contributed by atoms with Crippen molar-refractivity contribution in [2.45, 2.75) is 18.8 Å². The lowest BCUT2D eigenvalue weighted by molar-refractivity contribution is -0.121. The van der Waals surface area contributed by atoms with Gasteiger partial charge in [-0.25, -0.2) is 5.84 Å². The van der Waals surface area contributed by atoms with Crippen LogP contribution < -0.4 is 16.0 Å².